The fourth-order valence-corrected chi connectivity index (χ4v) is 1.86. The average molecular weight is 304 g/mol. The number of nitro groups is 1. The Balaban J connectivity index is 2.85. The summed E-state index contributed by atoms with van der Waals surface area (Å²) in [5, 5.41) is 16.3. The Labute approximate surface area is 116 Å². The number of anilines is 2. The van der Waals surface area contributed by atoms with E-state index in [1.54, 1.807) is 0 Å². The first kappa shape index (κ1) is 16.0. The molecule has 0 aliphatic carbocycles. The van der Waals surface area contributed by atoms with Gasteiger partial charge in [0, 0.05) is 13.1 Å². The van der Waals surface area contributed by atoms with Crippen LogP contribution in [-0.4, -0.2) is 49.2 Å². The van der Waals surface area contributed by atoms with Gasteiger partial charge in [0.1, 0.15) is 6.20 Å². The first-order valence-corrected chi connectivity index (χ1v) is 7.45. The van der Waals surface area contributed by atoms with Gasteiger partial charge in [0.05, 0.1) is 10.7 Å². The highest BCUT2D eigenvalue weighted by molar-refractivity contribution is 7.89. The van der Waals surface area contributed by atoms with E-state index in [-0.39, 0.29) is 29.8 Å². The lowest BCUT2D eigenvalue weighted by atomic mass is 10.4. The van der Waals surface area contributed by atoms with Gasteiger partial charge >= 0.3 is 5.69 Å². The molecule has 0 atom stereocenters. The summed E-state index contributed by atoms with van der Waals surface area (Å²) in [6, 6.07) is 0. The molecular formula is C9H16N6O4S. The summed E-state index contributed by atoms with van der Waals surface area (Å²) >= 11 is 0. The van der Waals surface area contributed by atoms with Gasteiger partial charge in [-0.2, -0.15) is 4.98 Å². The quantitative estimate of drug-likeness (QED) is 0.442. The third-order valence-corrected chi connectivity index (χ3v) is 3.64. The monoisotopic (exact) mass is 304 g/mol. The molecule has 0 spiro atoms. The van der Waals surface area contributed by atoms with Gasteiger partial charge in [-0.1, -0.05) is 0 Å². The van der Waals surface area contributed by atoms with E-state index in [1.165, 1.54) is 7.05 Å². The molecule has 0 aromatic carbocycles. The minimum atomic E-state index is -3.38. The van der Waals surface area contributed by atoms with Crippen molar-refractivity contribution in [3.05, 3.63) is 16.3 Å². The molecule has 0 bridgehead atoms. The van der Waals surface area contributed by atoms with E-state index in [1.807, 2.05) is 6.92 Å². The average Bonchev–Trinajstić information content (AvgIpc) is 2.39. The molecule has 1 aromatic heterocycles. The number of sulfonamides is 1. The van der Waals surface area contributed by atoms with Crippen molar-refractivity contribution < 1.29 is 13.3 Å². The predicted molar refractivity (Wildman–Crippen MR) is 74.2 cm³/mol. The van der Waals surface area contributed by atoms with Crippen molar-refractivity contribution in [1.29, 1.82) is 0 Å². The van der Waals surface area contributed by atoms with Crippen LogP contribution in [0.25, 0.3) is 0 Å². The summed E-state index contributed by atoms with van der Waals surface area (Å²) in [4.78, 5) is 17.9. The van der Waals surface area contributed by atoms with Crippen molar-refractivity contribution in [2.75, 3.05) is 36.5 Å². The number of aromatic nitrogens is 2. The number of hydrogen-bond donors (Lipinski definition) is 3. The SMILES string of the molecule is CCNc1ncc([N+](=O)[O-])c(NCCS(=O)(=O)NC)n1. The first-order chi connectivity index (χ1) is 9.39. The van der Waals surface area contributed by atoms with Gasteiger partial charge in [-0.05, 0) is 14.0 Å². The Hall–Kier alpha value is -2.01. The number of rotatable bonds is 8. The summed E-state index contributed by atoms with van der Waals surface area (Å²) in [7, 11) is -2.09. The van der Waals surface area contributed by atoms with Crippen LogP contribution in [0.15, 0.2) is 6.20 Å². The molecule has 10 nitrogen and oxygen atoms in total. The Kier molecular flexibility index (Phi) is 5.58. The van der Waals surface area contributed by atoms with Gasteiger partial charge in [-0.15, -0.1) is 0 Å². The van der Waals surface area contributed by atoms with Gasteiger partial charge < -0.3 is 10.6 Å². The molecule has 0 radical (unpaired) electrons. The molecule has 1 aromatic rings. The van der Waals surface area contributed by atoms with Gasteiger partial charge in [-0.3, -0.25) is 10.1 Å². The Morgan fingerprint density at radius 1 is 1.40 bits per heavy atom. The fraction of sp³-hybridized carbons (Fsp3) is 0.556. The molecule has 0 fully saturated rings. The van der Waals surface area contributed by atoms with E-state index in [2.05, 4.69) is 25.3 Å². The van der Waals surface area contributed by atoms with E-state index in [0.29, 0.717) is 6.54 Å². The lowest BCUT2D eigenvalue weighted by molar-refractivity contribution is -0.384. The number of nitrogens with zero attached hydrogens (tertiary/aromatic N) is 3. The van der Waals surface area contributed by atoms with Gasteiger partial charge in [0.25, 0.3) is 0 Å². The van der Waals surface area contributed by atoms with Gasteiger partial charge in [-0.25, -0.2) is 18.1 Å². The van der Waals surface area contributed by atoms with Crippen molar-refractivity contribution in [1.82, 2.24) is 14.7 Å². The zero-order valence-corrected chi connectivity index (χ0v) is 11.9. The molecule has 0 saturated carbocycles. The highest BCUT2D eigenvalue weighted by Crippen LogP contribution is 2.21. The van der Waals surface area contributed by atoms with Crippen LogP contribution in [0, 0.1) is 10.1 Å². The third-order valence-electron chi connectivity index (χ3n) is 2.28. The second-order valence-electron chi connectivity index (χ2n) is 3.66. The van der Waals surface area contributed by atoms with Crippen LogP contribution in [0.4, 0.5) is 17.5 Å². The van der Waals surface area contributed by atoms with Crippen LogP contribution in [-0.2, 0) is 10.0 Å². The minimum Gasteiger partial charge on any atom is -0.363 e. The maximum Gasteiger partial charge on any atom is 0.329 e. The lowest BCUT2D eigenvalue weighted by Crippen LogP contribution is -2.26. The molecule has 0 aliphatic rings. The zero-order chi connectivity index (χ0) is 15.2. The standard InChI is InChI=1S/C9H16N6O4S/c1-3-11-9-13-6-7(15(16)17)8(14-9)12-4-5-20(18,19)10-2/h6,10H,3-5H2,1-2H3,(H2,11,12,13,14). The van der Waals surface area contributed by atoms with E-state index in [4.69, 9.17) is 0 Å². The van der Waals surface area contributed by atoms with Crippen LogP contribution in [0.2, 0.25) is 0 Å². The maximum atomic E-state index is 11.2. The maximum absolute atomic E-state index is 11.2. The molecule has 1 heterocycles. The number of hydrogen-bond acceptors (Lipinski definition) is 8. The second kappa shape index (κ2) is 6.96. The molecule has 1 rings (SSSR count). The second-order valence-corrected chi connectivity index (χ2v) is 5.71. The Morgan fingerprint density at radius 2 is 2.10 bits per heavy atom. The van der Waals surface area contributed by atoms with Crippen LogP contribution in [0.5, 0.6) is 0 Å². The predicted octanol–water partition coefficient (Wildman–Crippen LogP) is -0.222. The summed E-state index contributed by atoms with van der Waals surface area (Å²) in [6.45, 7) is 2.38. The molecule has 0 unspecified atom stereocenters. The molecule has 3 N–H and O–H groups in total. The highest BCUT2D eigenvalue weighted by Gasteiger charge is 2.17. The summed E-state index contributed by atoms with van der Waals surface area (Å²) < 4.78 is 24.6. The lowest BCUT2D eigenvalue weighted by Gasteiger charge is -2.08. The van der Waals surface area contributed by atoms with E-state index >= 15 is 0 Å². The normalized spacial score (nSPS) is 11.1. The Morgan fingerprint density at radius 3 is 2.65 bits per heavy atom. The topological polar surface area (TPSA) is 139 Å². The molecule has 0 aliphatic heterocycles. The smallest absolute Gasteiger partial charge is 0.329 e. The molecule has 11 heteroatoms. The van der Waals surface area contributed by atoms with Crippen LogP contribution < -0.4 is 15.4 Å². The summed E-state index contributed by atoms with van der Waals surface area (Å²) in [6.07, 6.45) is 1.07. The van der Waals surface area contributed by atoms with Crippen LogP contribution in [0.1, 0.15) is 6.92 Å². The van der Waals surface area contributed by atoms with Crippen molar-refractivity contribution in [3.8, 4) is 0 Å². The molecule has 0 saturated heterocycles. The van der Waals surface area contributed by atoms with Crippen molar-refractivity contribution in [3.63, 3.8) is 0 Å². The van der Waals surface area contributed by atoms with Gasteiger partial charge in [0.15, 0.2) is 0 Å². The fourth-order valence-electron chi connectivity index (χ4n) is 1.29. The zero-order valence-electron chi connectivity index (χ0n) is 11.1. The minimum absolute atomic E-state index is 0.00735. The third kappa shape index (κ3) is 4.59. The summed E-state index contributed by atoms with van der Waals surface area (Å²) in [5.41, 5.74) is -0.312. The first-order valence-electron chi connectivity index (χ1n) is 5.80. The van der Waals surface area contributed by atoms with E-state index in [0.717, 1.165) is 6.20 Å². The van der Waals surface area contributed by atoms with Crippen molar-refractivity contribution in [2.24, 2.45) is 0 Å². The van der Waals surface area contributed by atoms with Gasteiger partial charge in [0.2, 0.25) is 21.8 Å². The van der Waals surface area contributed by atoms with Crippen molar-refractivity contribution >= 4 is 27.5 Å². The van der Waals surface area contributed by atoms with E-state index < -0.39 is 14.9 Å². The van der Waals surface area contributed by atoms with Crippen LogP contribution in [0.3, 0.4) is 0 Å². The largest absolute Gasteiger partial charge is 0.363 e. The highest BCUT2D eigenvalue weighted by atomic mass is 32.2. The summed E-state index contributed by atoms with van der Waals surface area (Å²) in [5.74, 6) is -0.00870. The van der Waals surface area contributed by atoms with E-state index in [9.17, 15) is 18.5 Å². The molecular weight excluding hydrogens is 288 g/mol. The molecule has 0 amide bonds. The van der Waals surface area contributed by atoms with Crippen LogP contribution >= 0.6 is 0 Å². The van der Waals surface area contributed by atoms with Crippen molar-refractivity contribution in [2.45, 2.75) is 6.92 Å². The molecule has 112 valence electrons. The molecule has 20 heavy (non-hydrogen) atoms. The number of nitrogens with one attached hydrogen (secondary N) is 3. The Bertz CT molecular complexity index is 576.